The van der Waals surface area contributed by atoms with E-state index >= 15 is 0 Å². The van der Waals surface area contributed by atoms with Gasteiger partial charge in [-0.15, -0.1) is 11.8 Å². The van der Waals surface area contributed by atoms with Gasteiger partial charge in [-0.3, -0.25) is 4.79 Å². The van der Waals surface area contributed by atoms with Gasteiger partial charge in [0.15, 0.2) is 0 Å². The molecule has 0 heterocycles. The van der Waals surface area contributed by atoms with Gasteiger partial charge in [0.2, 0.25) is 5.91 Å². The number of amides is 1. The van der Waals surface area contributed by atoms with Crippen molar-refractivity contribution in [1.82, 2.24) is 0 Å². The maximum absolute atomic E-state index is 11.9. The van der Waals surface area contributed by atoms with Crippen LogP contribution in [0.15, 0.2) is 47.9 Å². The second-order valence-electron chi connectivity index (χ2n) is 6.08. The first-order valence-electron chi connectivity index (χ1n) is 9.53. The normalized spacial score (nSPS) is 10.4. The molecule has 172 valence electrons. The van der Waals surface area contributed by atoms with Crippen molar-refractivity contribution in [3.05, 3.63) is 59.0 Å². The Morgan fingerprint density at radius 1 is 0.969 bits per heavy atom. The SMILES string of the molecule is C/C=C\C(=O)Nc1cc(CS/C=C/c2c(OC)cc(OC)cc2OC)ccc1OC.C=O. The Hall–Kier alpha value is -3.39. The molecule has 8 heteroatoms. The number of methoxy groups -OCH3 is 4. The lowest BCUT2D eigenvalue weighted by molar-refractivity contribution is -0.112. The highest BCUT2D eigenvalue weighted by molar-refractivity contribution is 8.01. The molecule has 0 saturated carbocycles. The molecule has 32 heavy (non-hydrogen) atoms. The molecule has 2 aromatic rings. The lowest BCUT2D eigenvalue weighted by atomic mass is 10.1. The fourth-order valence-electron chi connectivity index (χ4n) is 2.73. The van der Waals surface area contributed by atoms with E-state index in [2.05, 4.69) is 5.32 Å². The Morgan fingerprint density at radius 2 is 1.59 bits per heavy atom. The summed E-state index contributed by atoms with van der Waals surface area (Å²) in [4.78, 5) is 19.9. The van der Waals surface area contributed by atoms with Crippen molar-refractivity contribution in [2.45, 2.75) is 12.7 Å². The molecule has 7 nitrogen and oxygen atoms in total. The van der Waals surface area contributed by atoms with Crippen LogP contribution >= 0.6 is 11.8 Å². The van der Waals surface area contributed by atoms with Gasteiger partial charge < -0.3 is 29.1 Å². The van der Waals surface area contributed by atoms with Crippen molar-refractivity contribution in [3.8, 4) is 23.0 Å². The van der Waals surface area contributed by atoms with Crippen LogP contribution < -0.4 is 24.3 Å². The summed E-state index contributed by atoms with van der Waals surface area (Å²) >= 11 is 1.61. The van der Waals surface area contributed by atoms with Crippen LogP contribution in [0.5, 0.6) is 23.0 Å². The third kappa shape index (κ3) is 7.70. The molecule has 0 fully saturated rings. The van der Waals surface area contributed by atoms with E-state index in [1.807, 2.05) is 48.6 Å². The van der Waals surface area contributed by atoms with Crippen molar-refractivity contribution in [1.29, 1.82) is 0 Å². The first-order valence-corrected chi connectivity index (χ1v) is 10.6. The number of allylic oxidation sites excluding steroid dienone is 1. The van der Waals surface area contributed by atoms with Crippen molar-refractivity contribution in [2.75, 3.05) is 33.8 Å². The molecule has 0 bridgehead atoms. The minimum Gasteiger partial charge on any atom is -0.496 e. The Labute approximate surface area is 193 Å². The van der Waals surface area contributed by atoms with E-state index in [4.69, 9.17) is 23.7 Å². The van der Waals surface area contributed by atoms with Gasteiger partial charge in [-0.25, -0.2) is 0 Å². The Bertz CT molecular complexity index is 917. The van der Waals surface area contributed by atoms with Gasteiger partial charge >= 0.3 is 0 Å². The van der Waals surface area contributed by atoms with E-state index in [-0.39, 0.29) is 5.91 Å². The second kappa shape index (κ2) is 14.6. The standard InChI is InChI=1S/C23H27NO5S.CH2O/c1-6-7-23(25)24-19-12-16(8-9-20(19)27-3)15-30-11-10-18-21(28-4)13-17(26-2)14-22(18)29-5;1-2/h6-14H,15H2,1-5H3,(H,24,25);1H2/b7-6-,11-10+;. The maximum atomic E-state index is 11.9. The first-order chi connectivity index (χ1) is 15.6. The summed E-state index contributed by atoms with van der Waals surface area (Å²) in [5, 5.41) is 4.82. The highest BCUT2D eigenvalue weighted by atomic mass is 32.2. The number of anilines is 1. The summed E-state index contributed by atoms with van der Waals surface area (Å²) in [7, 11) is 6.40. The molecule has 0 atom stereocenters. The Balaban J connectivity index is 0.00000249. The topological polar surface area (TPSA) is 83.1 Å². The number of ether oxygens (including phenoxy) is 4. The quantitative estimate of drug-likeness (QED) is 0.503. The van der Waals surface area contributed by atoms with E-state index in [1.165, 1.54) is 6.08 Å². The van der Waals surface area contributed by atoms with Crippen LogP contribution in [-0.2, 0) is 15.3 Å². The van der Waals surface area contributed by atoms with Crippen molar-refractivity contribution >= 4 is 36.2 Å². The summed E-state index contributed by atoms with van der Waals surface area (Å²) in [5.41, 5.74) is 2.53. The van der Waals surface area contributed by atoms with E-state index in [0.717, 1.165) is 11.1 Å². The Morgan fingerprint density at radius 3 is 2.12 bits per heavy atom. The van der Waals surface area contributed by atoms with E-state index < -0.39 is 0 Å². The van der Waals surface area contributed by atoms with Crippen LogP contribution in [-0.4, -0.2) is 41.1 Å². The highest BCUT2D eigenvalue weighted by Gasteiger charge is 2.11. The van der Waals surface area contributed by atoms with Gasteiger partial charge in [0.05, 0.1) is 39.7 Å². The smallest absolute Gasteiger partial charge is 0.248 e. The largest absolute Gasteiger partial charge is 0.496 e. The number of hydrogen-bond donors (Lipinski definition) is 1. The van der Waals surface area contributed by atoms with Gasteiger partial charge in [-0.05, 0) is 42.2 Å². The fourth-order valence-corrected chi connectivity index (χ4v) is 3.43. The molecule has 0 radical (unpaired) electrons. The zero-order chi connectivity index (χ0) is 23.9. The molecule has 0 aliphatic rings. The van der Waals surface area contributed by atoms with Gasteiger partial charge in [0, 0.05) is 17.9 Å². The Kier molecular flexibility index (Phi) is 12.1. The molecule has 0 unspecified atom stereocenters. The molecular weight excluding hydrogens is 430 g/mol. The summed E-state index contributed by atoms with van der Waals surface area (Å²) in [5.74, 6) is 3.14. The molecule has 0 aliphatic heterocycles. The number of benzene rings is 2. The molecule has 1 N–H and O–H groups in total. The number of carbonyl (C=O) groups excluding carboxylic acids is 2. The summed E-state index contributed by atoms with van der Waals surface area (Å²) in [6.45, 7) is 3.79. The van der Waals surface area contributed by atoms with Crippen LogP contribution in [0.2, 0.25) is 0 Å². The van der Waals surface area contributed by atoms with E-state index in [0.29, 0.717) is 34.4 Å². The summed E-state index contributed by atoms with van der Waals surface area (Å²) < 4.78 is 21.5. The third-order valence-corrected chi connectivity index (χ3v) is 5.00. The number of thioether (sulfide) groups is 1. The minimum atomic E-state index is -0.195. The molecular formula is C24H29NO6S. The minimum absolute atomic E-state index is 0.195. The number of rotatable bonds is 10. The number of hydrogen-bond acceptors (Lipinski definition) is 7. The number of carbonyl (C=O) groups is 2. The molecule has 1 amide bonds. The first kappa shape index (κ1) is 26.6. The molecule has 2 aromatic carbocycles. The van der Waals surface area contributed by atoms with Crippen molar-refractivity contribution < 1.29 is 28.5 Å². The van der Waals surface area contributed by atoms with Crippen molar-refractivity contribution in [3.63, 3.8) is 0 Å². The van der Waals surface area contributed by atoms with Crippen molar-refractivity contribution in [2.24, 2.45) is 0 Å². The van der Waals surface area contributed by atoms with Crippen LogP contribution in [0.25, 0.3) is 6.08 Å². The predicted octanol–water partition coefficient (Wildman–Crippen LogP) is 4.95. The van der Waals surface area contributed by atoms with Crippen LogP contribution in [0.1, 0.15) is 18.1 Å². The fraction of sp³-hybridized carbons (Fsp3) is 0.250. The van der Waals surface area contributed by atoms with Crippen LogP contribution in [0.4, 0.5) is 5.69 Å². The number of nitrogens with one attached hydrogen (secondary N) is 1. The van der Waals surface area contributed by atoms with Gasteiger partial charge in [0.1, 0.15) is 29.8 Å². The predicted molar refractivity (Wildman–Crippen MR) is 130 cm³/mol. The van der Waals surface area contributed by atoms with Crippen LogP contribution in [0, 0.1) is 0 Å². The zero-order valence-corrected chi connectivity index (χ0v) is 19.8. The van der Waals surface area contributed by atoms with Gasteiger partial charge in [-0.2, -0.15) is 0 Å². The second-order valence-corrected chi connectivity index (χ2v) is 6.98. The molecule has 0 aromatic heterocycles. The molecule has 2 rings (SSSR count). The molecule has 0 aliphatic carbocycles. The van der Waals surface area contributed by atoms with Gasteiger partial charge in [0.25, 0.3) is 0 Å². The monoisotopic (exact) mass is 459 g/mol. The third-order valence-electron chi connectivity index (χ3n) is 4.17. The summed E-state index contributed by atoms with van der Waals surface area (Å²) in [6.07, 6.45) is 5.10. The van der Waals surface area contributed by atoms with E-state index in [9.17, 15) is 4.79 Å². The molecule has 0 saturated heterocycles. The zero-order valence-electron chi connectivity index (χ0n) is 19.0. The molecule has 0 spiro atoms. The maximum Gasteiger partial charge on any atom is 0.248 e. The highest BCUT2D eigenvalue weighted by Crippen LogP contribution is 2.36. The lowest BCUT2D eigenvalue weighted by Crippen LogP contribution is -2.09. The summed E-state index contributed by atoms with van der Waals surface area (Å²) in [6, 6.07) is 9.36. The van der Waals surface area contributed by atoms with Gasteiger partial charge in [-0.1, -0.05) is 12.1 Å². The van der Waals surface area contributed by atoms with Crippen LogP contribution in [0.3, 0.4) is 0 Å². The average molecular weight is 460 g/mol. The average Bonchev–Trinajstić information content (AvgIpc) is 2.83. The lowest BCUT2D eigenvalue weighted by Gasteiger charge is -2.12. The van der Waals surface area contributed by atoms with E-state index in [1.54, 1.807) is 53.2 Å².